The molecule has 0 radical (unpaired) electrons. The van der Waals surface area contributed by atoms with Crippen LogP contribution in [0, 0.1) is 0 Å². The minimum Gasteiger partial charge on any atom is -0.370 e. The highest BCUT2D eigenvalue weighted by Gasteiger charge is 2.18. The highest BCUT2D eigenvalue weighted by atomic mass is 32.2. The zero-order valence-corrected chi connectivity index (χ0v) is 16.9. The predicted octanol–water partition coefficient (Wildman–Crippen LogP) is 2.58. The third kappa shape index (κ3) is 5.67. The Morgan fingerprint density at radius 2 is 2.00 bits per heavy atom. The maximum absolute atomic E-state index is 12.8. The Balaban J connectivity index is 1.61. The van der Waals surface area contributed by atoms with Crippen LogP contribution in [0.25, 0.3) is 0 Å². The van der Waals surface area contributed by atoms with Gasteiger partial charge in [-0.3, -0.25) is 9.59 Å². The van der Waals surface area contributed by atoms with Crippen molar-refractivity contribution in [1.29, 1.82) is 0 Å². The lowest BCUT2D eigenvalue weighted by Gasteiger charge is -2.22. The molecule has 0 atom stereocenters. The first-order chi connectivity index (χ1) is 13.6. The molecule has 0 saturated carbocycles. The summed E-state index contributed by atoms with van der Waals surface area (Å²) in [5.74, 6) is -0.342. The number of nitrogens with zero attached hydrogens (tertiary/aromatic N) is 4. The number of carbonyl (C=O) groups is 2. The van der Waals surface area contributed by atoms with E-state index in [4.69, 9.17) is 5.73 Å². The second kappa shape index (κ2) is 10.0. The molecule has 28 heavy (non-hydrogen) atoms. The number of anilines is 1. The third-order valence-electron chi connectivity index (χ3n) is 4.03. The molecule has 7 nitrogen and oxygen atoms in total. The number of hydrogen-bond donors (Lipinski definition) is 1. The zero-order chi connectivity index (χ0) is 19.8. The van der Waals surface area contributed by atoms with E-state index in [-0.39, 0.29) is 24.6 Å². The summed E-state index contributed by atoms with van der Waals surface area (Å²) >= 11 is 3.06. The largest absolute Gasteiger partial charge is 0.370 e. The van der Waals surface area contributed by atoms with Crippen LogP contribution in [0.5, 0.6) is 0 Å². The number of carbonyl (C=O) groups excluding carboxylic acids is 2. The van der Waals surface area contributed by atoms with Gasteiger partial charge < -0.3 is 15.2 Å². The SMILES string of the molecule is NC(=O)CCN(C(=O)CSc1nncn1CCc1cccs1)c1ccccc1. The van der Waals surface area contributed by atoms with Gasteiger partial charge in [0.15, 0.2) is 5.16 Å². The molecule has 0 saturated heterocycles. The van der Waals surface area contributed by atoms with Crippen molar-refractivity contribution in [2.45, 2.75) is 24.5 Å². The fourth-order valence-electron chi connectivity index (χ4n) is 2.63. The van der Waals surface area contributed by atoms with Crippen LogP contribution in [0.4, 0.5) is 5.69 Å². The van der Waals surface area contributed by atoms with Gasteiger partial charge in [0.05, 0.1) is 5.75 Å². The molecule has 1 aromatic carbocycles. The third-order valence-corrected chi connectivity index (χ3v) is 5.94. The van der Waals surface area contributed by atoms with Crippen molar-refractivity contribution in [1.82, 2.24) is 14.8 Å². The van der Waals surface area contributed by atoms with Crippen LogP contribution in [0.2, 0.25) is 0 Å². The number of thioether (sulfide) groups is 1. The number of benzene rings is 1. The van der Waals surface area contributed by atoms with E-state index in [9.17, 15) is 9.59 Å². The maximum atomic E-state index is 12.8. The summed E-state index contributed by atoms with van der Waals surface area (Å²) in [4.78, 5) is 26.9. The van der Waals surface area contributed by atoms with Gasteiger partial charge in [-0.25, -0.2) is 0 Å². The average molecular weight is 416 g/mol. The first-order valence-corrected chi connectivity index (χ1v) is 10.7. The standard InChI is InChI=1S/C19H21N5O2S2/c20-17(25)9-11-24(15-5-2-1-3-6-15)18(26)13-28-19-22-21-14-23(19)10-8-16-7-4-12-27-16/h1-7,12,14H,8-11,13H2,(H2,20,25). The number of rotatable bonds is 10. The van der Waals surface area contributed by atoms with Crippen LogP contribution in [0.3, 0.4) is 0 Å². The monoisotopic (exact) mass is 415 g/mol. The summed E-state index contributed by atoms with van der Waals surface area (Å²) in [6, 6.07) is 13.4. The molecule has 9 heteroatoms. The van der Waals surface area contributed by atoms with Crippen molar-refractivity contribution in [2.24, 2.45) is 5.73 Å². The summed E-state index contributed by atoms with van der Waals surface area (Å²) in [6.45, 7) is 1.01. The molecule has 2 N–H and O–H groups in total. The topological polar surface area (TPSA) is 94.1 Å². The Labute approximate surface area is 171 Å². The second-order valence-corrected chi connectivity index (χ2v) is 8.00. The number of aryl methyl sites for hydroxylation is 2. The van der Waals surface area contributed by atoms with Crippen molar-refractivity contribution in [3.63, 3.8) is 0 Å². The van der Waals surface area contributed by atoms with Gasteiger partial charge in [-0.05, 0) is 30.0 Å². The Kier molecular flexibility index (Phi) is 7.21. The molecule has 0 aliphatic carbocycles. The van der Waals surface area contributed by atoms with Gasteiger partial charge in [0, 0.05) is 30.1 Å². The molecule has 2 aromatic heterocycles. The first-order valence-electron chi connectivity index (χ1n) is 8.80. The number of nitrogens with two attached hydrogens (primary N) is 1. The summed E-state index contributed by atoms with van der Waals surface area (Å²) in [6.07, 6.45) is 2.69. The second-order valence-electron chi connectivity index (χ2n) is 6.02. The molecule has 0 aliphatic rings. The van der Waals surface area contributed by atoms with Crippen LogP contribution in [0.1, 0.15) is 11.3 Å². The van der Waals surface area contributed by atoms with Crippen molar-refractivity contribution in [3.05, 3.63) is 59.0 Å². The predicted molar refractivity (Wildman–Crippen MR) is 111 cm³/mol. The molecule has 3 aromatic rings. The smallest absolute Gasteiger partial charge is 0.237 e. The van der Waals surface area contributed by atoms with Crippen molar-refractivity contribution >= 4 is 40.6 Å². The Morgan fingerprint density at radius 1 is 1.18 bits per heavy atom. The Hall–Kier alpha value is -2.65. The molecular formula is C19H21N5O2S2. The summed E-state index contributed by atoms with van der Waals surface area (Å²) < 4.78 is 1.95. The lowest BCUT2D eigenvalue weighted by atomic mass is 10.2. The molecule has 0 unspecified atom stereocenters. The van der Waals surface area contributed by atoms with Gasteiger partial charge in [0.1, 0.15) is 6.33 Å². The molecular weight excluding hydrogens is 394 g/mol. The summed E-state index contributed by atoms with van der Waals surface area (Å²) in [5.41, 5.74) is 6.00. The van der Waals surface area contributed by atoms with E-state index in [1.165, 1.54) is 16.6 Å². The summed E-state index contributed by atoms with van der Waals surface area (Å²) in [5, 5.41) is 10.9. The maximum Gasteiger partial charge on any atom is 0.237 e. The van der Waals surface area contributed by atoms with E-state index in [1.54, 1.807) is 22.6 Å². The Morgan fingerprint density at radius 3 is 2.71 bits per heavy atom. The molecule has 0 bridgehead atoms. The van der Waals surface area contributed by atoms with E-state index in [2.05, 4.69) is 21.6 Å². The van der Waals surface area contributed by atoms with Gasteiger partial charge in [0.25, 0.3) is 0 Å². The number of thiophene rings is 1. The number of hydrogen-bond acceptors (Lipinski definition) is 6. The van der Waals surface area contributed by atoms with E-state index in [0.717, 1.165) is 18.7 Å². The minimum absolute atomic E-state index is 0.106. The van der Waals surface area contributed by atoms with Crippen molar-refractivity contribution in [2.75, 3.05) is 17.2 Å². The van der Waals surface area contributed by atoms with Crippen LogP contribution in [-0.2, 0) is 22.6 Å². The number of amides is 2. The van der Waals surface area contributed by atoms with Crippen LogP contribution in [-0.4, -0.2) is 38.9 Å². The minimum atomic E-state index is -0.435. The van der Waals surface area contributed by atoms with E-state index in [0.29, 0.717) is 5.16 Å². The lowest BCUT2D eigenvalue weighted by molar-refractivity contribution is -0.118. The fourth-order valence-corrected chi connectivity index (χ4v) is 4.14. The van der Waals surface area contributed by atoms with Gasteiger partial charge in [0.2, 0.25) is 11.8 Å². The van der Waals surface area contributed by atoms with E-state index in [1.807, 2.05) is 41.0 Å². The highest BCUT2D eigenvalue weighted by molar-refractivity contribution is 7.99. The molecule has 2 amide bonds. The number of aromatic nitrogens is 3. The highest BCUT2D eigenvalue weighted by Crippen LogP contribution is 2.20. The zero-order valence-electron chi connectivity index (χ0n) is 15.2. The molecule has 0 aliphatic heterocycles. The molecule has 0 fully saturated rings. The molecule has 2 heterocycles. The molecule has 146 valence electrons. The van der Waals surface area contributed by atoms with E-state index >= 15 is 0 Å². The Bertz CT molecular complexity index is 896. The van der Waals surface area contributed by atoms with Gasteiger partial charge in [-0.15, -0.1) is 21.5 Å². The van der Waals surface area contributed by atoms with Crippen LogP contribution in [0.15, 0.2) is 59.3 Å². The molecule has 3 rings (SSSR count). The number of primary amides is 1. The number of para-hydroxylation sites is 1. The van der Waals surface area contributed by atoms with Crippen LogP contribution < -0.4 is 10.6 Å². The van der Waals surface area contributed by atoms with Gasteiger partial charge >= 0.3 is 0 Å². The van der Waals surface area contributed by atoms with Crippen molar-refractivity contribution in [3.8, 4) is 0 Å². The quantitative estimate of drug-likeness (QED) is 0.514. The summed E-state index contributed by atoms with van der Waals surface area (Å²) in [7, 11) is 0. The fraction of sp³-hybridized carbons (Fsp3) is 0.263. The first kappa shape index (κ1) is 20.1. The van der Waals surface area contributed by atoms with Crippen LogP contribution >= 0.6 is 23.1 Å². The van der Waals surface area contributed by atoms with Crippen molar-refractivity contribution < 1.29 is 9.59 Å². The van der Waals surface area contributed by atoms with Gasteiger partial charge in [-0.1, -0.05) is 36.0 Å². The average Bonchev–Trinajstić information content (AvgIpc) is 3.37. The lowest BCUT2D eigenvalue weighted by Crippen LogP contribution is -2.35. The van der Waals surface area contributed by atoms with E-state index < -0.39 is 5.91 Å². The van der Waals surface area contributed by atoms with Gasteiger partial charge in [-0.2, -0.15) is 0 Å². The molecule has 0 spiro atoms. The normalized spacial score (nSPS) is 10.7.